The topological polar surface area (TPSA) is 83.7 Å². The summed E-state index contributed by atoms with van der Waals surface area (Å²) in [5.74, 6) is -0.844. The van der Waals surface area contributed by atoms with Crippen LogP contribution in [0.5, 0.6) is 17.2 Å². The van der Waals surface area contributed by atoms with E-state index in [0.29, 0.717) is 11.6 Å². The third kappa shape index (κ3) is 5.39. The second-order valence-electron chi connectivity index (χ2n) is 6.28. The Kier molecular flexibility index (Phi) is 7.05. The lowest BCUT2D eigenvalue weighted by molar-refractivity contribution is -0.138. The van der Waals surface area contributed by atoms with Crippen LogP contribution in [-0.2, 0) is 11.0 Å². The number of amidine groups is 1. The lowest BCUT2D eigenvalue weighted by Crippen LogP contribution is -2.21. The van der Waals surface area contributed by atoms with Gasteiger partial charge >= 0.3 is 6.18 Å². The molecule has 3 rings (SSSR count). The molecule has 2 aromatic carbocycles. The summed E-state index contributed by atoms with van der Waals surface area (Å²) in [5, 5.41) is 11.8. The molecule has 1 heterocycles. The molecule has 0 atom stereocenters. The van der Waals surface area contributed by atoms with Crippen LogP contribution in [0.3, 0.4) is 0 Å². The van der Waals surface area contributed by atoms with Crippen molar-refractivity contribution in [2.24, 2.45) is 4.99 Å². The van der Waals surface area contributed by atoms with Gasteiger partial charge in [-0.25, -0.2) is 4.39 Å². The Labute approximate surface area is 184 Å². The number of carbonyl (C=O) groups is 1. The third-order valence-electron chi connectivity index (χ3n) is 4.11. The normalized spacial score (nSPS) is 14.8. The van der Waals surface area contributed by atoms with Gasteiger partial charge in [0.15, 0.2) is 16.7 Å². The molecule has 1 amide bonds. The number of ether oxygens (including phenoxy) is 2. The molecule has 11 heteroatoms. The molecular formula is C21H15F4N3O3S. The van der Waals surface area contributed by atoms with Gasteiger partial charge in [-0.15, -0.1) is 0 Å². The first-order chi connectivity index (χ1) is 15.2. The number of hydrogen-bond acceptors (Lipinski definition) is 6. The monoisotopic (exact) mass is 465 g/mol. The summed E-state index contributed by atoms with van der Waals surface area (Å²) in [6.07, 6.45) is -3.20. The summed E-state index contributed by atoms with van der Waals surface area (Å²) in [7, 11) is 1.32. The molecule has 0 radical (unpaired) electrons. The molecule has 0 bridgehead atoms. The predicted octanol–water partition coefficient (Wildman–Crippen LogP) is 4.91. The first kappa shape index (κ1) is 23.1. The standard InChI is InChI=1S/C21H15F4N3O3S/c1-30-17-9-12(10-18-19(29)28-20(32-18)27-7-6-22)2-5-16(17)31-15-4-3-13(11-26)8-14(15)21(23,24)25/h2-5,8-10H,6-7H2,1H3,(H,27,28,29)/b18-10+. The SMILES string of the molecule is COc1cc(/C=C2/SC(NCCF)=NC2=O)ccc1Oc1ccc(C#N)cc1C(F)(F)F. The molecule has 0 spiro atoms. The Morgan fingerprint density at radius 1 is 1.19 bits per heavy atom. The van der Waals surface area contributed by atoms with Gasteiger partial charge in [-0.05, 0) is 53.7 Å². The van der Waals surface area contributed by atoms with Crippen LogP contribution in [0, 0.1) is 11.3 Å². The minimum absolute atomic E-state index is 0.0109. The van der Waals surface area contributed by atoms with E-state index in [0.717, 1.165) is 17.8 Å². The Morgan fingerprint density at radius 3 is 2.59 bits per heavy atom. The third-order valence-corrected chi connectivity index (χ3v) is 5.05. The average molecular weight is 465 g/mol. The van der Waals surface area contributed by atoms with E-state index >= 15 is 0 Å². The first-order valence-electron chi connectivity index (χ1n) is 9.04. The smallest absolute Gasteiger partial charge is 0.420 e. The zero-order chi connectivity index (χ0) is 23.3. The van der Waals surface area contributed by atoms with Crippen LogP contribution < -0.4 is 14.8 Å². The quantitative estimate of drug-likeness (QED) is 0.482. The van der Waals surface area contributed by atoms with E-state index in [-0.39, 0.29) is 33.7 Å². The van der Waals surface area contributed by atoms with Gasteiger partial charge in [0.05, 0.1) is 29.2 Å². The first-order valence-corrected chi connectivity index (χ1v) is 9.86. The maximum Gasteiger partial charge on any atom is 0.420 e. The van der Waals surface area contributed by atoms with E-state index in [1.54, 1.807) is 6.07 Å². The number of benzene rings is 2. The summed E-state index contributed by atoms with van der Waals surface area (Å²) in [4.78, 5) is 16.1. The fraction of sp³-hybridized carbons (Fsp3) is 0.190. The number of alkyl halides is 4. The van der Waals surface area contributed by atoms with Crippen molar-refractivity contribution in [3.8, 4) is 23.3 Å². The van der Waals surface area contributed by atoms with E-state index in [1.807, 2.05) is 0 Å². The molecule has 32 heavy (non-hydrogen) atoms. The van der Waals surface area contributed by atoms with Crippen molar-refractivity contribution in [1.29, 1.82) is 5.26 Å². The molecule has 0 saturated heterocycles. The van der Waals surface area contributed by atoms with Crippen LogP contribution in [-0.4, -0.2) is 31.4 Å². The molecule has 166 valence electrons. The lowest BCUT2D eigenvalue weighted by atomic mass is 10.1. The molecule has 2 aromatic rings. The number of thioether (sulfide) groups is 1. The Morgan fingerprint density at radius 2 is 1.94 bits per heavy atom. The molecule has 0 aromatic heterocycles. The van der Waals surface area contributed by atoms with Crippen molar-refractivity contribution in [1.82, 2.24) is 5.32 Å². The number of methoxy groups -OCH3 is 1. The van der Waals surface area contributed by atoms with Crippen molar-refractivity contribution in [3.05, 3.63) is 58.0 Å². The molecule has 1 aliphatic heterocycles. The van der Waals surface area contributed by atoms with Crippen LogP contribution >= 0.6 is 11.8 Å². The summed E-state index contributed by atoms with van der Waals surface area (Å²) in [5.41, 5.74) is -0.731. The zero-order valence-electron chi connectivity index (χ0n) is 16.5. The molecule has 0 unspecified atom stereocenters. The number of hydrogen-bond donors (Lipinski definition) is 1. The second-order valence-corrected chi connectivity index (χ2v) is 7.31. The minimum atomic E-state index is -4.73. The van der Waals surface area contributed by atoms with E-state index < -0.39 is 30.1 Å². The number of carbonyl (C=O) groups excluding carboxylic acids is 1. The largest absolute Gasteiger partial charge is 0.493 e. The Balaban J connectivity index is 1.86. The van der Waals surface area contributed by atoms with Gasteiger partial charge in [-0.2, -0.15) is 23.4 Å². The maximum absolute atomic E-state index is 13.4. The number of nitriles is 1. The van der Waals surface area contributed by atoms with E-state index in [2.05, 4.69) is 10.3 Å². The Bertz CT molecular complexity index is 1140. The van der Waals surface area contributed by atoms with Crippen LogP contribution in [0.15, 0.2) is 46.3 Å². The average Bonchev–Trinajstić information content (AvgIpc) is 3.11. The molecule has 0 fully saturated rings. The highest BCUT2D eigenvalue weighted by Crippen LogP contribution is 2.41. The summed E-state index contributed by atoms with van der Waals surface area (Å²) in [6, 6.07) is 9.07. The van der Waals surface area contributed by atoms with Gasteiger partial charge in [0.25, 0.3) is 5.91 Å². The highest BCUT2D eigenvalue weighted by atomic mass is 32.2. The van der Waals surface area contributed by atoms with Crippen LogP contribution in [0.4, 0.5) is 17.6 Å². The van der Waals surface area contributed by atoms with Crippen LogP contribution in [0.1, 0.15) is 16.7 Å². The van der Waals surface area contributed by atoms with Crippen molar-refractivity contribution < 1.29 is 31.8 Å². The number of nitrogens with zero attached hydrogens (tertiary/aromatic N) is 2. The van der Waals surface area contributed by atoms with Gasteiger partial charge in [-0.3, -0.25) is 4.79 Å². The van der Waals surface area contributed by atoms with Gasteiger partial charge in [-0.1, -0.05) is 6.07 Å². The number of rotatable bonds is 6. The van der Waals surface area contributed by atoms with Gasteiger partial charge in [0, 0.05) is 6.54 Å². The summed E-state index contributed by atoms with van der Waals surface area (Å²) < 4.78 is 63.1. The summed E-state index contributed by atoms with van der Waals surface area (Å²) in [6.45, 7) is -0.581. The van der Waals surface area contributed by atoms with Crippen molar-refractivity contribution in [3.63, 3.8) is 0 Å². The molecule has 1 N–H and O–H groups in total. The number of amides is 1. The fourth-order valence-corrected chi connectivity index (χ4v) is 3.52. The second kappa shape index (κ2) is 9.74. The van der Waals surface area contributed by atoms with E-state index in [1.165, 1.54) is 37.5 Å². The van der Waals surface area contributed by atoms with Crippen molar-refractivity contribution in [2.75, 3.05) is 20.3 Å². The maximum atomic E-state index is 13.4. The van der Waals surface area contributed by atoms with E-state index in [4.69, 9.17) is 14.7 Å². The number of halogens is 4. The molecule has 0 saturated carbocycles. The molecular weight excluding hydrogens is 450 g/mol. The van der Waals surface area contributed by atoms with E-state index in [9.17, 15) is 22.4 Å². The number of nitrogens with one attached hydrogen (secondary N) is 1. The van der Waals surface area contributed by atoms with Crippen molar-refractivity contribution in [2.45, 2.75) is 6.18 Å². The van der Waals surface area contributed by atoms with Crippen LogP contribution in [0.25, 0.3) is 6.08 Å². The highest BCUT2D eigenvalue weighted by molar-refractivity contribution is 8.18. The fourth-order valence-electron chi connectivity index (χ4n) is 2.68. The van der Waals surface area contributed by atoms with Gasteiger partial charge < -0.3 is 14.8 Å². The number of aliphatic imine (C=N–C) groups is 1. The lowest BCUT2D eigenvalue weighted by Gasteiger charge is -2.16. The molecule has 1 aliphatic rings. The minimum Gasteiger partial charge on any atom is -0.493 e. The molecule has 6 nitrogen and oxygen atoms in total. The Hall–Kier alpha value is -3.52. The van der Waals surface area contributed by atoms with Gasteiger partial charge in [0.2, 0.25) is 0 Å². The van der Waals surface area contributed by atoms with Crippen LogP contribution in [0.2, 0.25) is 0 Å². The van der Waals surface area contributed by atoms with Crippen molar-refractivity contribution >= 4 is 28.9 Å². The summed E-state index contributed by atoms with van der Waals surface area (Å²) >= 11 is 1.04. The predicted molar refractivity (Wildman–Crippen MR) is 111 cm³/mol. The van der Waals surface area contributed by atoms with Gasteiger partial charge in [0.1, 0.15) is 12.4 Å². The highest BCUT2D eigenvalue weighted by Gasteiger charge is 2.35. The zero-order valence-corrected chi connectivity index (χ0v) is 17.3. The molecule has 0 aliphatic carbocycles.